The molecule has 0 radical (unpaired) electrons. The van der Waals surface area contributed by atoms with Crippen LogP contribution in [-0.4, -0.2) is 30.8 Å². The predicted octanol–water partition coefficient (Wildman–Crippen LogP) is -0.405. The van der Waals surface area contributed by atoms with Gasteiger partial charge < -0.3 is 10.1 Å². The highest BCUT2D eigenvalue weighted by Crippen LogP contribution is 1.97. The second-order valence-electron chi connectivity index (χ2n) is 4.38. The minimum absolute atomic E-state index is 0.306. The molecule has 100 valence electrons. The van der Waals surface area contributed by atoms with Gasteiger partial charge in [0.15, 0.2) is 5.65 Å². The van der Waals surface area contributed by atoms with Gasteiger partial charge in [0.1, 0.15) is 5.52 Å². The van der Waals surface area contributed by atoms with Gasteiger partial charge in [0.05, 0.1) is 6.33 Å². The monoisotopic (exact) mass is 254 g/mol. The third kappa shape index (κ3) is 2.67. The number of fused-ring (bicyclic) bond motifs is 1. The topological polar surface area (TPSA) is 92.9 Å². The minimum atomic E-state index is -0.371. The Morgan fingerprint density at radius 1 is 1.33 bits per heavy atom. The summed E-state index contributed by atoms with van der Waals surface area (Å²) in [5, 5.41) is 8.14. The summed E-state index contributed by atoms with van der Waals surface area (Å²) in [7, 11) is 3.01. The molecule has 0 aromatic carbocycles. The number of nitrogens with one attached hydrogen (secondary N) is 1. The first-order chi connectivity index (χ1) is 8.40. The van der Waals surface area contributed by atoms with Gasteiger partial charge in [-0.15, -0.1) is 0 Å². The molecular formula is C11H18N4O3. The number of aromatic nitrogens is 4. The molecule has 0 aliphatic carbocycles. The van der Waals surface area contributed by atoms with Crippen molar-refractivity contribution in [1.29, 1.82) is 0 Å². The number of rotatable bonds is 1. The zero-order valence-corrected chi connectivity index (χ0v) is 11.0. The van der Waals surface area contributed by atoms with Crippen LogP contribution in [-0.2, 0) is 14.1 Å². The lowest BCUT2D eigenvalue weighted by molar-refractivity contribution is 0.248. The number of H-pyrrole nitrogens is 1. The van der Waals surface area contributed by atoms with E-state index in [0.29, 0.717) is 23.7 Å². The molecule has 0 spiro atoms. The van der Waals surface area contributed by atoms with E-state index in [-0.39, 0.29) is 11.2 Å². The highest BCUT2D eigenvalue weighted by atomic mass is 16.3. The lowest BCUT2D eigenvalue weighted by atomic mass is 10.2. The average molecular weight is 254 g/mol. The van der Waals surface area contributed by atoms with E-state index in [1.165, 1.54) is 17.9 Å². The van der Waals surface area contributed by atoms with E-state index < -0.39 is 0 Å². The Morgan fingerprint density at radius 3 is 2.39 bits per heavy atom. The van der Waals surface area contributed by atoms with Crippen molar-refractivity contribution < 1.29 is 5.11 Å². The summed E-state index contributed by atoms with van der Waals surface area (Å²) in [5.41, 5.74) is 0.0119. The van der Waals surface area contributed by atoms with Gasteiger partial charge in [-0.1, -0.05) is 13.8 Å². The number of aliphatic hydroxyl groups excluding tert-OH is 1. The molecule has 0 fully saturated rings. The standard InChI is InChI=1S/C7H8N4O2.C4H10O/c1-10-5-4(8-3-9-5)6(12)11(2)7(10)13;1-4(2)3-5/h3H,1-2H3,(H,8,9);4-5H,3H2,1-2H3. The summed E-state index contributed by atoms with van der Waals surface area (Å²) in [6.45, 7) is 4.25. The first kappa shape index (κ1) is 14.2. The van der Waals surface area contributed by atoms with Crippen LogP contribution < -0.4 is 11.2 Å². The largest absolute Gasteiger partial charge is 0.396 e. The Kier molecular flexibility index (Phi) is 4.43. The average Bonchev–Trinajstić information content (AvgIpc) is 2.83. The fraction of sp³-hybridized carbons (Fsp3) is 0.545. The van der Waals surface area contributed by atoms with Crippen molar-refractivity contribution in [3.63, 3.8) is 0 Å². The van der Waals surface area contributed by atoms with Crippen molar-refractivity contribution in [1.82, 2.24) is 19.1 Å². The molecule has 0 unspecified atom stereocenters. The normalized spacial score (nSPS) is 10.6. The van der Waals surface area contributed by atoms with Gasteiger partial charge in [-0.3, -0.25) is 13.9 Å². The Morgan fingerprint density at radius 2 is 1.89 bits per heavy atom. The fourth-order valence-corrected chi connectivity index (χ4v) is 1.27. The number of aliphatic hydroxyl groups is 1. The molecule has 2 N–H and O–H groups in total. The van der Waals surface area contributed by atoms with E-state index >= 15 is 0 Å². The van der Waals surface area contributed by atoms with E-state index in [1.807, 2.05) is 13.8 Å². The maximum atomic E-state index is 11.4. The van der Waals surface area contributed by atoms with Crippen LogP contribution in [0.3, 0.4) is 0 Å². The number of aryl methyl sites for hydroxylation is 1. The van der Waals surface area contributed by atoms with E-state index in [0.717, 1.165) is 4.57 Å². The van der Waals surface area contributed by atoms with Crippen LogP contribution >= 0.6 is 0 Å². The number of nitrogens with zero attached hydrogens (tertiary/aromatic N) is 3. The van der Waals surface area contributed by atoms with Gasteiger partial charge >= 0.3 is 5.69 Å². The second-order valence-corrected chi connectivity index (χ2v) is 4.38. The van der Waals surface area contributed by atoms with E-state index in [4.69, 9.17) is 5.11 Å². The maximum Gasteiger partial charge on any atom is 0.332 e. The molecule has 0 saturated carbocycles. The van der Waals surface area contributed by atoms with Crippen LogP contribution in [0, 0.1) is 5.92 Å². The molecule has 0 aliphatic rings. The van der Waals surface area contributed by atoms with Gasteiger partial charge in [-0.05, 0) is 5.92 Å². The zero-order chi connectivity index (χ0) is 13.9. The Bertz CT molecular complexity index is 636. The van der Waals surface area contributed by atoms with Crippen LogP contribution in [0.5, 0.6) is 0 Å². The second kappa shape index (κ2) is 5.63. The van der Waals surface area contributed by atoms with Crippen molar-refractivity contribution in [2.75, 3.05) is 6.61 Å². The lowest BCUT2D eigenvalue weighted by Crippen LogP contribution is -2.36. The first-order valence-electron chi connectivity index (χ1n) is 5.60. The lowest BCUT2D eigenvalue weighted by Gasteiger charge is -2.00. The summed E-state index contributed by atoms with van der Waals surface area (Å²) < 4.78 is 2.37. The summed E-state index contributed by atoms with van der Waals surface area (Å²) >= 11 is 0. The van der Waals surface area contributed by atoms with Gasteiger partial charge in [0, 0.05) is 20.7 Å². The van der Waals surface area contributed by atoms with E-state index in [9.17, 15) is 9.59 Å². The van der Waals surface area contributed by atoms with E-state index in [1.54, 1.807) is 7.05 Å². The number of hydrogen-bond acceptors (Lipinski definition) is 4. The molecule has 2 rings (SSSR count). The first-order valence-corrected chi connectivity index (χ1v) is 5.60. The summed E-state index contributed by atoms with van der Waals surface area (Å²) in [4.78, 5) is 29.4. The van der Waals surface area contributed by atoms with Crippen molar-refractivity contribution in [2.24, 2.45) is 20.0 Å². The van der Waals surface area contributed by atoms with Crippen molar-refractivity contribution in [2.45, 2.75) is 13.8 Å². The molecule has 0 saturated heterocycles. The van der Waals surface area contributed by atoms with Crippen molar-refractivity contribution in [3.8, 4) is 0 Å². The third-order valence-electron chi connectivity index (χ3n) is 2.39. The van der Waals surface area contributed by atoms with Gasteiger partial charge in [0.2, 0.25) is 0 Å². The molecule has 0 aliphatic heterocycles. The third-order valence-corrected chi connectivity index (χ3v) is 2.39. The van der Waals surface area contributed by atoms with Crippen molar-refractivity contribution in [3.05, 3.63) is 27.2 Å². The minimum Gasteiger partial charge on any atom is -0.396 e. The molecule has 2 heterocycles. The molecule has 0 amide bonds. The predicted molar refractivity (Wildman–Crippen MR) is 68.5 cm³/mol. The summed E-state index contributed by atoms with van der Waals surface area (Å²) in [6, 6.07) is 0. The Labute approximate surface area is 104 Å². The molecular weight excluding hydrogens is 236 g/mol. The number of hydrogen-bond donors (Lipinski definition) is 2. The molecule has 2 aromatic rings. The van der Waals surface area contributed by atoms with Crippen molar-refractivity contribution >= 4 is 11.2 Å². The van der Waals surface area contributed by atoms with Gasteiger partial charge in [-0.25, -0.2) is 9.78 Å². The van der Waals surface area contributed by atoms with Crippen LogP contribution in [0.15, 0.2) is 15.9 Å². The van der Waals surface area contributed by atoms with Crippen LogP contribution in [0.4, 0.5) is 0 Å². The fourth-order valence-electron chi connectivity index (χ4n) is 1.27. The zero-order valence-electron chi connectivity index (χ0n) is 11.0. The van der Waals surface area contributed by atoms with Gasteiger partial charge in [-0.2, -0.15) is 0 Å². The quantitative estimate of drug-likeness (QED) is 0.724. The molecule has 0 bridgehead atoms. The highest BCUT2D eigenvalue weighted by molar-refractivity contribution is 5.68. The SMILES string of the molecule is CC(C)CO.Cn1c(=O)c2[nH]cnc2n(C)c1=O. The maximum absolute atomic E-state index is 11.4. The number of aromatic amines is 1. The Balaban J connectivity index is 0.000000280. The highest BCUT2D eigenvalue weighted by Gasteiger charge is 2.08. The molecule has 2 aromatic heterocycles. The van der Waals surface area contributed by atoms with Crippen LogP contribution in [0.2, 0.25) is 0 Å². The molecule has 0 atom stereocenters. The Hall–Kier alpha value is -1.89. The molecule has 7 heteroatoms. The molecule has 7 nitrogen and oxygen atoms in total. The summed E-state index contributed by atoms with van der Waals surface area (Å²) in [5.74, 6) is 0.440. The van der Waals surface area contributed by atoms with E-state index in [2.05, 4.69) is 9.97 Å². The van der Waals surface area contributed by atoms with Crippen LogP contribution in [0.25, 0.3) is 11.2 Å². The number of imidazole rings is 1. The van der Waals surface area contributed by atoms with Crippen LogP contribution in [0.1, 0.15) is 13.8 Å². The van der Waals surface area contributed by atoms with Gasteiger partial charge in [0.25, 0.3) is 5.56 Å². The smallest absolute Gasteiger partial charge is 0.332 e. The summed E-state index contributed by atoms with van der Waals surface area (Å²) in [6.07, 6.45) is 1.39. The molecule has 18 heavy (non-hydrogen) atoms.